The molecule has 3 aliphatic heterocycles. The van der Waals surface area contributed by atoms with E-state index < -0.39 is 29.8 Å². The minimum atomic E-state index is -1.18. The normalized spacial score (nSPS) is 18.4. The molecule has 4 aromatic rings. The lowest BCUT2D eigenvalue weighted by Crippen LogP contribution is -2.43. The fraction of sp³-hybridized carbons (Fsp3) is 0.310. The average molecular weight is 612 g/mol. The molecule has 0 aliphatic carbocycles. The van der Waals surface area contributed by atoms with Crippen LogP contribution in [0.5, 0.6) is 0 Å². The summed E-state index contributed by atoms with van der Waals surface area (Å²) >= 11 is 1.24. The number of piperazine rings is 1. The molecule has 3 aliphatic rings. The van der Waals surface area contributed by atoms with Crippen LogP contribution in [0.1, 0.15) is 33.4 Å². The number of alkyl halides is 1. The quantitative estimate of drug-likeness (QED) is 0.339. The number of hydrogen-bond acceptors (Lipinski definition) is 7. The van der Waals surface area contributed by atoms with Crippen LogP contribution in [0, 0.1) is 5.82 Å². The molecule has 2 aromatic carbocycles. The fourth-order valence-electron chi connectivity index (χ4n) is 5.94. The van der Waals surface area contributed by atoms with Crippen LogP contribution in [0.4, 0.5) is 19.6 Å². The minimum absolute atomic E-state index is 0. The van der Waals surface area contributed by atoms with E-state index in [0.29, 0.717) is 22.1 Å². The number of anilines is 2. The Morgan fingerprint density at radius 3 is 2.64 bits per heavy atom. The molecule has 2 amide bonds. The summed E-state index contributed by atoms with van der Waals surface area (Å²) < 4.78 is 31.5. The summed E-state index contributed by atoms with van der Waals surface area (Å²) in [5, 5.41) is 8.17. The topological polar surface area (TPSA) is 95.4 Å². The highest BCUT2D eigenvalue weighted by molar-refractivity contribution is 7.13. The van der Waals surface area contributed by atoms with Gasteiger partial charge in [-0.05, 0) is 35.4 Å². The van der Waals surface area contributed by atoms with Crippen molar-refractivity contribution in [1.29, 1.82) is 0 Å². The van der Waals surface area contributed by atoms with Crippen molar-refractivity contribution >= 4 is 46.4 Å². The van der Waals surface area contributed by atoms with E-state index in [-0.39, 0.29) is 43.0 Å². The monoisotopic (exact) mass is 611 g/mol. The van der Waals surface area contributed by atoms with E-state index in [2.05, 4.69) is 25.5 Å². The molecular formula is C29H28ClF2N7O2S. The van der Waals surface area contributed by atoms with Crippen LogP contribution in [-0.4, -0.2) is 63.6 Å². The van der Waals surface area contributed by atoms with Gasteiger partial charge in [0.1, 0.15) is 12.0 Å². The summed E-state index contributed by atoms with van der Waals surface area (Å²) in [5.41, 5.74) is 3.75. The smallest absolute Gasteiger partial charge is 0.255 e. The molecule has 0 saturated carbocycles. The number of thiazole rings is 1. The summed E-state index contributed by atoms with van der Waals surface area (Å²) in [4.78, 5) is 39.6. The highest BCUT2D eigenvalue weighted by Gasteiger charge is 2.42. The Morgan fingerprint density at radius 2 is 1.90 bits per heavy atom. The predicted molar refractivity (Wildman–Crippen MR) is 158 cm³/mol. The van der Waals surface area contributed by atoms with E-state index in [0.717, 1.165) is 37.4 Å². The molecule has 0 bridgehead atoms. The molecule has 13 heteroatoms. The van der Waals surface area contributed by atoms with E-state index in [1.165, 1.54) is 28.6 Å². The van der Waals surface area contributed by atoms with Crippen LogP contribution in [-0.2, 0) is 24.3 Å². The van der Waals surface area contributed by atoms with E-state index in [4.69, 9.17) is 0 Å². The van der Waals surface area contributed by atoms with Gasteiger partial charge in [0.2, 0.25) is 0 Å². The maximum absolute atomic E-state index is 15.6. The highest BCUT2D eigenvalue weighted by atomic mass is 35.5. The number of amides is 2. The van der Waals surface area contributed by atoms with Crippen LogP contribution in [0.15, 0.2) is 54.3 Å². The lowest BCUT2D eigenvalue weighted by Gasteiger charge is -2.29. The Labute approximate surface area is 251 Å². The highest BCUT2D eigenvalue weighted by Crippen LogP contribution is 2.38. The van der Waals surface area contributed by atoms with Crippen LogP contribution in [0.2, 0.25) is 0 Å². The molecule has 1 saturated heterocycles. The second kappa shape index (κ2) is 11.4. The summed E-state index contributed by atoms with van der Waals surface area (Å²) in [7, 11) is 0. The number of carbonyl (C=O) groups excluding carboxylic acids is 2. The van der Waals surface area contributed by atoms with Gasteiger partial charge in [-0.1, -0.05) is 12.1 Å². The summed E-state index contributed by atoms with van der Waals surface area (Å²) in [6.07, 6.45) is 2.04. The zero-order valence-corrected chi connectivity index (χ0v) is 24.1. The fourth-order valence-corrected chi connectivity index (χ4v) is 6.47. The van der Waals surface area contributed by atoms with Gasteiger partial charge in [-0.2, -0.15) is 0 Å². The van der Waals surface area contributed by atoms with Crippen LogP contribution in [0.3, 0.4) is 0 Å². The van der Waals surface area contributed by atoms with Crippen molar-refractivity contribution < 1.29 is 18.4 Å². The van der Waals surface area contributed by atoms with E-state index in [1.54, 1.807) is 22.2 Å². The number of nitrogens with one attached hydrogen (secondary N) is 2. The second-order valence-corrected chi connectivity index (χ2v) is 11.4. The van der Waals surface area contributed by atoms with Gasteiger partial charge >= 0.3 is 0 Å². The van der Waals surface area contributed by atoms with Gasteiger partial charge < -0.3 is 19.7 Å². The molecule has 0 spiro atoms. The Kier molecular flexibility index (Phi) is 7.69. The first-order valence-corrected chi connectivity index (χ1v) is 14.4. The number of aromatic nitrogens is 3. The Balaban J connectivity index is 0.00000316. The number of imidazole rings is 1. The number of hydrogen-bond donors (Lipinski definition) is 2. The number of halogens is 3. The number of rotatable bonds is 6. The van der Waals surface area contributed by atoms with E-state index >= 15 is 4.39 Å². The predicted octanol–water partition coefficient (Wildman–Crippen LogP) is 4.21. The minimum Gasteiger partial charge on any atom is -0.369 e. The molecule has 7 rings (SSSR count). The van der Waals surface area contributed by atoms with Gasteiger partial charge in [0.05, 0.1) is 25.1 Å². The molecule has 218 valence electrons. The summed E-state index contributed by atoms with van der Waals surface area (Å²) in [5.74, 6) is -1.53. The van der Waals surface area contributed by atoms with Gasteiger partial charge in [0.25, 0.3) is 11.8 Å². The van der Waals surface area contributed by atoms with Crippen LogP contribution in [0.25, 0.3) is 11.1 Å². The third-order valence-corrected chi connectivity index (χ3v) is 8.66. The van der Waals surface area contributed by atoms with Crippen LogP contribution >= 0.6 is 23.7 Å². The number of benzene rings is 2. The van der Waals surface area contributed by atoms with Gasteiger partial charge in [0.15, 0.2) is 11.2 Å². The molecule has 0 radical (unpaired) electrons. The van der Waals surface area contributed by atoms with Gasteiger partial charge in [-0.15, -0.1) is 23.7 Å². The first-order chi connectivity index (χ1) is 20.0. The number of nitrogens with zero attached hydrogens (tertiary/aromatic N) is 5. The molecule has 2 N–H and O–H groups in total. The molecule has 2 atom stereocenters. The van der Waals surface area contributed by atoms with Gasteiger partial charge in [0, 0.05) is 66.7 Å². The zero-order valence-electron chi connectivity index (χ0n) is 22.4. The largest absolute Gasteiger partial charge is 0.369 e. The van der Waals surface area contributed by atoms with E-state index in [1.807, 2.05) is 24.3 Å². The summed E-state index contributed by atoms with van der Waals surface area (Å²) in [6, 6.07) is 9.82. The number of carbonyl (C=O) groups is 2. The molecule has 9 nitrogen and oxygen atoms in total. The molecule has 42 heavy (non-hydrogen) atoms. The first kappa shape index (κ1) is 28.3. The number of fused-ring (bicyclic) bond motifs is 2. The molecule has 5 heterocycles. The van der Waals surface area contributed by atoms with Gasteiger partial charge in [-0.3, -0.25) is 14.9 Å². The van der Waals surface area contributed by atoms with Crippen molar-refractivity contribution in [2.75, 3.05) is 36.4 Å². The molecule has 0 unspecified atom stereocenters. The van der Waals surface area contributed by atoms with Crippen molar-refractivity contribution in [1.82, 2.24) is 24.8 Å². The van der Waals surface area contributed by atoms with Crippen molar-refractivity contribution in [2.24, 2.45) is 0 Å². The van der Waals surface area contributed by atoms with Gasteiger partial charge in [-0.25, -0.2) is 18.7 Å². The first-order valence-electron chi connectivity index (χ1n) is 13.5. The average Bonchev–Trinajstić information content (AvgIpc) is 3.77. The molecular weight excluding hydrogens is 584 g/mol. The van der Waals surface area contributed by atoms with Crippen molar-refractivity contribution in [3.8, 4) is 11.1 Å². The van der Waals surface area contributed by atoms with Crippen LogP contribution < -0.4 is 15.5 Å². The summed E-state index contributed by atoms with van der Waals surface area (Å²) in [6.45, 7) is 3.72. The Hall–Kier alpha value is -3.87. The molecule has 1 fully saturated rings. The van der Waals surface area contributed by atoms with Crippen molar-refractivity contribution in [2.45, 2.75) is 31.7 Å². The lowest BCUT2D eigenvalue weighted by molar-refractivity contribution is -0.121. The van der Waals surface area contributed by atoms with Crippen molar-refractivity contribution in [3.05, 3.63) is 82.6 Å². The van der Waals surface area contributed by atoms with Crippen molar-refractivity contribution in [3.63, 3.8) is 0 Å². The third kappa shape index (κ3) is 5.03. The van der Waals surface area contributed by atoms with E-state index in [9.17, 15) is 14.0 Å². The zero-order chi connectivity index (χ0) is 28.1. The SMILES string of the molecule is Cl.O=C(Nc1nccs1)[C@@H](c1ncn2c1C[C@@H](F)C2)N1Cc2c(F)cc(-c3ccc(N4CCNCC4)cc3)cc2C1=O. The standard InChI is InChI=1S/C29H27F2N7O2S.ClH/c30-19-13-24-25(34-16-37(24)14-19)26(27(39)35-29-33-7-10-41-29)38-15-22-21(28(38)40)11-18(12-23(22)31)17-1-3-20(4-2-17)36-8-5-32-6-9-36;/h1-4,7,10-12,16,19,26,32H,5-6,8-9,13-15H2,(H,33,35,39);1H/t19-,26-;/m1./s1. The molecule has 2 aromatic heterocycles. The second-order valence-electron chi connectivity index (χ2n) is 10.5. The Morgan fingerprint density at radius 1 is 1.12 bits per heavy atom. The maximum Gasteiger partial charge on any atom is 0.255 e. The maximum atomic E-state index is 15.6. The lowest BCUT2D eigenvalue weighted by atomic mass is 9.99. The third-order valence-electron chi connectivity index (χ3n) is 7.97. The Bertz CT molecular complexity index is 1620.